The molecule has 1 saturated carbocycles. The molecule has 156 valence electrons. The normalized spacial score (nSPS) is 25.0. The van der Waals surface area contributed by atoms with Crippen LogP contribution in [-0.2, 0) is 0 Å². The second kappa shape index (κ2) is 8.84. The summed E-state index contributed by atoms with van der Waals surface area (Å²) in [5.74, 6) is 6.74. The van der Waals surface area contributed by atoms with Gasteiger partial charge < -0.3 is 16.4 Å². The lowest BCUT2D eigenvalue weighted by Crippen LogP contribution is -2.42. The first-order valence-corrected chi connectivity index (χ1v) is 10.2. The minimum Gasteiger partial charge on any atom is -0.315 e. The first-order valence-electron chi connectivity index (χ1n) is 10.2. The Morgan fingerprint density at radius 2 is 1.93 bits per heavy atom. The van der Waals surface area contributed by atoms with E-state index in [2.05, 4.69) is 33.3 Å². The van der Waals surface area contributed by atoms with Crippen molar-refractivity contribution < 1.29 is 9.18 Å². The predicted molar refractivity (Wildman–Crippen MR) is 116 cm³/mol. The van der Waals surface area contributed by atoms with Crippen LogP contribution in [0.5, 0.6) is 0 Å². The van der Waals surface area contributed by atoms with E-state index in [0.29, 0.717) is 17.6 Å². The maximum atomic E-state index is 13.8. The molecule has 1 aliphatic heterocycles. The second-order valence-corrected chi connectivity index (χ2v) is 7.94. The number of aryl methyl sites for hydroxylation is 1. The predicted octanol–water partition coefficient (Wildman–Crippen LogP) is 3.31. The van der Waals surface area contributed by atoms with E-state index in [1.165, 1.54) is 6.07 Å². The third-order valence-corrected chi connectivity index (χ3v) is 5.72. The first kappa shape index (κ1) is 20.4. The third kappa shape index (κ3) is 4.62. The molecular formula is C23H26FN5O. The number of carbonyl (C=O) groups is 1. The molecule has 1 aliphatic carbocycles. The minimum absolute atomic E-state index is 0.0714. The Kier molecular flexibility index (Phi) is 6.00. The van der Waals surface area contributed by atoms with E-state index >= 15 is 0 Å². The molecule has 4 atom stereocenters. The Hall–Kier alpha value is -2.92. The van der Waals surface area contributed by atoms with Crippen LogP contribution in [0, 0.1) is 36.4 Å². The van der Waals surface area contributed by atoms with Crippen LogP contribution in [0.15, 0.2) is 42.5 Å². The Morgan fingerprint density at radius 3 is 2.73 bits per heavy atom. The number of hydrogen-bond donors (Lipinski definition) is 5. The van der Waals surface area contributed by atoms with Gasteiger partial charge >= 0.3 is 6.03 Å². The summed E-state index contributed by atoms with van der Waals surface area (Å²) < 4.78 is 13.8. The highest BCUT2D eigenvalue weighted by Crippen LogP contribution is 2.33. The van der Waals surface area contributed by atoms with Gasteiger partial charge in [0.25, 0.3) is 0 Å². The fourth-order valence-electron chi connectivity index (χ4n) is 4.19. The summed E-state index contributed by atoms with van der Waals surface area (Å²) in [5, 5.41) is 5.24. The fourth-order valence-corrected chi connectivity index (χ4v) is 4.19. The van der Waals surface area contributed by atoms with Crippen molar-refractivity contribution in [3.05, 3.63) is 59.4 Å². The zero-order chi connectivity index (χ0) is 21.1. The van der Waals surface area contributed by atoms with Crippen LogP contribution >= 0.6 is 0 Å². The number of hydrogen-bond acceptors (Lipinski definition) is 4. The summed E-state index contributed by atoms with van der Waals surface area (Å²) in [7, 11) is 0. The van der Waals surface area contributed by atoms with E-state index in [0.717, 1.165) is 30.4 Å². The Balaban J connectivity index is 1.37. The van der Waals surface area contributed by atoms with E-state index in [-0.39, 0.29) is 17.8 Å². The lowest BCUT2D eigenvalue weighted by molar-refractivity contribution is 0.251. The Morgan fingerprint density at radius 1 is 1.13 bits per heavy atom. The van der Waals surface area contributed by atoms with Gasteiger partial charge in [0.05, 0.1) is 11.9 Å². The number of amides is 2. The van der Waals surface area contributed by atoms with Gasteiger partial charge in [0.1, 0.15) is 5.82 Å². The summed E-state index contributed by atoms with van der Waals surface area (Å²) in [4.78, 5) is 12.2. The van der Waals surface area contributed by atoms with Gasteiger partial charge in [-0.1, -0.05) is 24.3 Å². The van der Waals surface area contributed by atoms with Gasteiger partial charge in [-0.3, -0.25) is 5.43 Å². The highest BCUT2D eigenvalue weighted by atomic mass is 19.1. The molecule has 6 N–H and O–H groups in total. The van der Waals surface area contributed by atoms with Crippen molar-refractivity contribution in [3.8, 4) is 11.8 Å². The number of carbonyl (C=O) groups excluding carboxylic acids is 1. The van der Waals surface area contributed by atoms with Crippen molar-refractivity contribution in [3.63, 3.8) is 0 Å². The highest BCUT2D eigenvalue weighted by molar-refractivity contribution is 5.99. The molecule has 0 spiro atoms. The highest BCUT2D eigenvalue weighted by Gasteiger charge is 2.40. The lowest BCUT2D eigenvalue weighted by atomic mass is 9.76. The smallest absolute Gasteiger partial charge is 0.315 e. The minimum atomic E-state index is -0.498. The van der Waals surface area contributed by atoms with Crippen molar-refractivity contribution in [2.45, 2.75) is 38.4 Å². The number of nitrogens with two attached hydrogens (primary N) is 1. The summed E-state index contributed by atoms with van der Waals surface area (Å²) >= 11 is 0. The summed E-state index contributed by atoms with van der Waals surface area (Å²) in [6, 6.07) is 11.7. The number of anilines is 2. The van der Waals surface area contributed by atoms with Gasteiger partial charge in [-0.15, -0.1) is 0 Å². The molecule has 30 heavy (non-hydrogen) atoms. The SMILES string of the molecule is Cc1ccc(F)c(NC(=O)Nc2ccc(C#CC3CCCC4NNC(N)C34)cc2)c1. The molecule has 2 aliphatic rings. The van der Waals surface area contributed by atoms with Crippen LogP contribution in [-0.4, -0.2) is 18.2 Å². The molecule has 4 rings (SSSR count). The molecule has 0 radical (unpaired) electrons. The molecule has 0 aromatic heterocycles. The second-order valence-electron chi connectivity index (χ2n) is 7.94. The number of halogens is 1. The molecule has 2 amide bonds. The number of fused-ring (bicyclic) bond motifs is 1. The number of benzene rings is 2. The van der Waals surface area contributed by atoms with Gasteiger partial charge in [-0.25, -0.2) is 14.6 Å². The van der Waals surface area contributed by atoms with E-state index < -0.39 is 11.8 Å². The largest absolute Gasteiger partial charge is 0.323 e. The van der Waals surface area contributed by atoms with Crippen molar-refractivity contribution in [2.75, 3.05) is 10.6 Å². The van der Waals surface area contributed by atoms with Crippen LogP contribution in [0.2, 0.25) is 0 Å². The number of urea groups is 1. The monoisotopic (exact) mass is 407 g/mol. The maximum Gasteiger partial charge on any atom is 0.323 e. The van der Waals surface area contributed by atoms with Crippen molar-refractivity contribution >= 4 is 17.4 Å². The van der Waals surface area contributed by atoms with Crippen molar-refractivity contribution in [2.24, 2.45) is 17.6 Å². The fraction of sp³-hybridized carbons (Fsp3) is 0.348. The summed E-state index contributed by atoms with van der Waals surface area (Å²) in [6.07, 6.45) is 3.25. The number of hydrazine groups is 1. The van der Waals surface area contributed by atoms with Gasteiger partial charge in [0.15, 0.2) is 0 Å². The van der Waals surface area contributed by atoms with Crippen LogP contribution in [0.25, 0.3) is 0 Å². The van der Waals surface area contributed by atoms with Gasteiger partial charge in [0.2, 0.25) is 0 Å². The zero-order valence-electron chi connectivity index (χ0n) is 16.8. The molecule has 2 aromatic carbocycles. The molecule has 0 bridgehead atoms. The molecular weight excluding hydrogens is 381 g/mol. The summed E-state index contributed by atoms with van der Waals surface area (Å²) in [6.45, 7) is 1.84. The number of nitrogens with one attached hydrogen (secondary N) is 4. The van der Waals surface area contributed by atoms with Crippen LogP contribution < -0.4 is 27.2 Å². The van der Waals surface area contributed by atoms with E-state index in [4.69, 9.17) is 5.73 Å². The Bertz CT molecular complexity index is 979. The topological polar surface area (TPSA) is 91.2 Å². The average Bonchev–Trinajstić information content (AvgIpc) is 3.12. The van der Waals surface area contributed by atoms with Crippen molar-refractivity contribution in [1.29, 1.82) is 0 Å². The van der Waals surface area contributed by atoms with E-state index in [1.807, 2.05) is 19.1 Å². The molecule has 1 saturated heterocycles. The summed E-state index contributed by atoms with van der Waals surface area (Å²) in [5.41, 5.74) is 15.1. The maximum absolute atomic E-state index is 13.8. The van der Waals surface area contributed by atoms with Gasteiger partial charge in [-0.05, 0) is 61.7 Å². The van der Waals surface area contributed by atoms with Crippen molar-refractivity contribution in [1.82, 2.24) is 10.9 Å². The molecule has 2 fully saturated rings. The van der Waals surface area contributed by atoms with Gasteiger partial charge in [0, 0.05) is 29.1 Å². The number of rotatable bonds is 2. The van der Waals surface area contributed by atoms with Crippen LogP contribution in [0.4, 0.5) is 20.6 Å². The molecule has 6 nitrogen and oxygen atoms in total. The molecule has 7 heteroatoms. The average molecular weight is 407 g/mol. The van der Waals surface area contributed by atoms with Crippen LogP contribution in [0.1, 0.15) is 30.4 Å². The van der Waals surface area contributed by atoms with E-state index in [9.17, 15) is 9.18 Å². The Labute approximate surface area is 175 Å². The molecule has 2 aromatic rings. The zero-order valence-corrected chi connectivity index (χ0v) is 16.8. The van der Waals surface area contributed by atoms with Gasteiger partial charge in [-0.2, -0.15) is 0 Å². The quantitative estimate of drug-likeness (QED) is 0.494. The van der Waals surface area contributed by atoms with Crippen LogP contribution in [0.3, 0.4) is 0 Å². The first-order chi connectivity index (χ1) is 14.5. The molecule has 1 heterocycles. The lowest BCUT2D eigenvalue weighted by Gasteiger charge is -2.31. The molecule has 4 unspecified atom stereocenters. The standard InChI is InChI=1S/C23H26FN5O/c1-14-5-12-18(24)20(13-14)27-23(30)26-17-10-7-15(8-11-17)6-9-16-3-2-4-19-21(16)22(25)29-28-19/h5,7-8,10-13,16,19,21-22,28-29H,2-4,25H2,1H3,(H2,26,27,30). The third-order valence-electron chi connectivity index (χ3n) is 5.72. The van der Waals surface area contributed by atoms with E-state index in [1.54, 1.807) is 24.3 Å².